The number of fused-ring (bicyclic) bond motifs is 2. The van der Waals surface area contributed by atoms with Crippen LogP contribution in [0.2, 0.25) is 0 Å². The van der Waals surface area contributed by atoms with Crippen LogP contribution in [-0.4, -0.2) is 34.2 Å². The fourth-order valence-electron chi connectivity index (χ4n) is 3.45. The number of aromatic nitrogens is 4. The zero-order valence-corrected chi connectivity index (χ0v) is 16.5. The maximum Gasteiger partial charge on any atom is 0.148 e. The summed E-state index contributed by atoms with van der Waals surface area (Å²) in [6.45, 7) is 0. The number of hydrogen-bond donors (Lipinski definition) is 2. The number of ether oxygens (including phenoxy) is 2. The standard InChI is InChI=1S/C23H19N5O2/c1-29-16-11-17-21(20(12-16)30-2)24-13-25-23(17)26-15-7-5-6-14(10-15)22-27-18-8-3-4-9-19(18)28-22/h3-13H,1-2H3,(H,27,28)(H,24,25,26). The van der Waals surface area contributed by atoms with Crippen LogP contribution in [0, 0.1) is 0 Å². The van der Waals surface area contributed by atoms with E-state index in [0.29, 0.717) is 22.8 Å². The molecule has 5 aromatic rings. The normalized spacial score (nSPS) is 11.0. The number of para-hydroxylation sites is 2. The average Bonchev–Trinajstić information content (AvgIpc) is 3.23. The monoisotopic (exact) mass is 397 g/mol. The first-order valence-electron chi connectivity index (χ1n) is 9.44. The third-order valence-electron chi connectivity index (χ3n) is 4.92. The van der Waals surface area contributed by atoms with Gasteiger partial charge in [-0.3, -0.25) is 0 Å². The Morgan fingerprint density at radius 2 is 1.80 bits per heavy atom. The quantitative estimate of drug-likeness (QED) is 0.437. The number of benzene rings is 3. The summed E-state index contributed by atoms with van der Waals surface area (Å²) in [5.74, 6) is 2.79. The highest BCUT2D eigenvalue weighted by Crippen LogP contribution is 2.34. The van der Waals surface area contributed by atoms with Crippen LogP contribution in [0.25, 0.3) is 33.3 Å². The molecule has 148 valence electrons. The molecule has 7 nitrogen and oxygen atoms in total. The van der Waals surface area contributed by atoms with Gasteiger partial charge in [0, 0.05) is 17.3 Å². The van der Waals surface area contributed by atoms with Crippen LogP contribution in [0.1, 0.15) is 0 Å². The van der Waals surface area contributed by atoms with Crippen LogP contribution in [0.15, 0.2) is 67.0 Å². The summed E-state index contributed by atoms with van der Waals surface area (Å²) in [4.78, 5) is 16.9. The highest BCUT2D eigenvalue weighted by molar-refractivity contribution is 5.95. The minimum Gasteiger partial charge on any atom is -0.497 e. The molecule has 7 heteroatoms. The van der Waals surface area contributed by atoms with E-state index in [1.165, 1.54) is 6.33 Å². The highest BCUT2D eigenvalue weighted by atomic mass is 16.5. The number of rotatable bonds is 5. The molecule has 0 saturated carbocycles. The molecule has 0 unspecified atom stereocenters. The van der Waals surface area contributed by atoms with Gasteiger partial charge in [0.2, 0.25) is 0 Å². The number of nitrogens with one attached hydrogen (secondary N) is 2. The van der Waals surface area contributed by atoms with Crippen molar-refractivity contribution >= 4 is 33.4 Å². The van der Waals surface area contributed by atoms with Gasteiger partial charge in [0.15, 0.2) is 0 Å². The first kappa shape index (κ1) is 17.9. The van der Waals surface area contributed by atoms with Crippen molar-refractivity contribution in [2.75, 3.05) is 19.5 Å². The first-order chi connectivity index (χ1) is 14.7. The molecule has 0 radical (unpaired) electrons. The van der Waals surface area contributed by atoms with Crippen molar-refractivity contribution in [2.24, 2.45) is 0 Å². The minimum atomic E-state index is 0.630. The second-order valence-corrected chi connectivity index (χ2v) is 6.76. The SMILES string of the molecule is COc1cc(OC)c2ncnc(Nc3cccc(-c4nc5ccccc5[nH]4)c3)c2c1. The van der Waals surface area contributed by atoms with Gasteiger partial charge in [-0.1, -0.05) is 24.3 Å². The van der Waals surface area contributed by atoms with E-state index in [1.807, 2.05) is 54.6 Å². The van der Waals surface area contributed by atoms with Crippen LogP contribution in [-0.2, 0) is 0 Å². The van der Waals surface area contributed by atoms with Gasteiger partial charge in [0.05, 0.1) is 30.6 Å². The molecule has 0 saturated heterocycles. The van der Waals surface area contributed by atoms with E-state index in [9.17, 15) is 0 Å². The van der Waals surface area contributed by atoms with E-state index < -0.39 is 0 Å². The van der Waals surface area contributed by atoms with Crippen LogP contribution in [0.4, 0.5) is 11.5 Å². The molecular weight excluding hydrogens is 378 g/mol. The van der Waals surface area contributed by atoms with Crippen LogP contribution >= 0.6 is 0 Å². The Morgan fingerprint density at radius 3 is 2.63 bits per heavy atom. The molecule has 30 heavy (non-hydrogen) atoms. The van der Waals surface area contributed by atoms with Gasteiger partial charge in [-0.15, -0.1) is 0 Å². The highest BCUT2D eigenvalue weighted by Gasteiger charge is 2.12. The number of aromatic amines is 1. The number of imidazole rings is 1. The summed E-state index contributed by atoms with van der Waals surface area (Å²) >= 11 is 0. The van der Waals surface area contributed by atoms with Crippen molar-refractivity contribution in [3.8, 4) is 22.9 Å². The van der Waals surface area contributed by atoms with Gasteiger partial charge < -0.3 is 19.8 Å². The Bertz CT molecular complexity index is 1330. The number of anilines is 2. The van der Waals surface area contributed by atoms with E-state index in [4.69, 9.17) is 9.47 Å². The summed E-state index contributed by atoms with van der Waals surface area (Å²) < 4.78 is 10.9. The zero-order valence-electron chi connectivity index (χ0n) is 16.5. The molecule has 0 aliphatic rings. The molecule has 0 aliphatic carbocycles. The fraction of sp³-hybridized carbons (Fsp3) is 0.0870. The largest absolute Gasteiger partial charge is 0.497 e. The van der Waals surface area contributed by atoms with E-state index >= 15 is 0 Å². The van der Waals surface area contributed by atoms with E-state index in [-0.39, 0.29) is 0 Å². The van der Waals surface area contributed by atoms with Crippen molar-refractivity contribution in [2.45, 2.75) is 0 Å². The Morgan fingerprint density at radius 1 is 0.900 bits per heavy atom. The van der Waals surface area contributed by atoms with E-state index in [0.717, 1.165) is 33.5 Å². The average molecular weight is 397 g/mol. The summed E-state index contributed by atoms with van der Waals surface area (Å²) in [6, 6.07) is 19.7. The van der Waals surface area contributed by atoms with Gasteiger partial charge >= 0.3 is 0 Å². The maximum atomic E-state index is 5.47. The molecule has 0 atom stereocenters. The molecular formula is C23H19N5O2. The first-order valence-corrected chi connectivity index (χ1v) is 9.44. The van der Waals surface area contributed by atoms with Gasteiger partial charge in [0.1, 0.15) is 35.0 Å². The van der Waals surface area contributed by atoms with Crippen LogP contribution < -0.4 is 14.8 Å². The van der Waals surface area contributed by atoms with Crippen LogP contribution in [0.3, 0.4) is 0 Å². The third-order valence-corrected chi connectivity index (χ3v) is 4.92. The van der Waals surface area contributed by atoms with Crippen molar-refractivity contribution in [1.29, 1.82) is 0 Å². The molecule has 5 rings (SSSR count). The second-order valence-electron chi connectivity index (χ2n) is 6.76. The molecule has 0 bridgehead atoms. The van der Waals surface area contributed by atoms with Crippen molar-refractivity contribution in [3.05, 3.63) is 67.0 Å². The predicted molar refractivity (Wildman–Crippen MR) is 117 cm³/mol. The lowest BCUT2D eigenvalue weighted by Crippen LogP contribution is -1.98. The van der Waals surface area contributed by atoms with Crippen molar-refractivity contribution in [3.63, 3.8) is 0 Å². The minimum absolute atomic E-state index is 0.630. The fourth-order valence-corrected chi connectivity index (χ4v) is 3.45. The number of nitrogens with zero attached hydrogens (tertiary/aromatic N) is 3. The van der Waals surface area contributed by atoms with E-state index in [1.54, 1.807) is 20.3 Å². The molecule has 3 aromatic carbocycles. The van der Waals surface area contributed by atoms with Gasteiger partial charge in [-0.2, -0.15) is 0 Å². The third kappa shape index (κ3) is 3.16. The molecule has 2 heterocycles. The van der Waals surface area contributed by atoms with Gasteiger partial charge in [-0.25, -0.2) is 15.0 Å². The molecule has 0 fully saturated rings. The summed E-state index contributed by atoms with van der Waals surface area (Å²) in [7, 11) is 3.23. The number of hydrogen-bond acceptors (Lipinski definition) is 6. The lowest BCUT2D eigenvalue weighted by atomic mass is 10.1. The van der Waals surface area contributed by atoms with Gasteiger partial charge in [-0.05, 0) is 30.3 Å². The van der Waals surface area contributed by atoms with Crippen molar-refractivity contribution in [1.82, 2.24) is 19.9 Å². The number of H-pyrrole nitrogens is 1. The topological polar surface area (TPSA) is 84.9 Å². The smallest absolute Gasteiger partial charge is 0.148 e. The summed E-state index contributed by atoms with van der Waals surface area (Å²) in [6.07, 6.45) is 1.52. The predicted octanol–water partition coefficient (Wildman–Crippen LogP) is 4.93. The summed E-state index contributed by atoms with van der Waals surface area (Å²) in [5.41, 5.74) is 4.52. The Balaban J connectivity index is 1.55. The lowest BCUT2D eigenvalue weighted by Gasteiger charge is -2.12. The van der Waals surface area contributed by atoms with Gasteiger partial charge in [0.25, 0.3) is 0 Å². The molecule has 0 aliphatic heterocycles. The number of methoxy groups -OCH3 is 2. The Labute approximate surface area is 172 Å². The van der Waals surface area contributed by atoms with Crippen molar-refractivity contribution < 1.29 is 9.47 Å². The maximum absolute atomic E-state index is 5.47. The van der Waals surface area contributed by atoms with E-state index in [2.05, 4.69) is 25.3 Å². The zero-order chi connectivity index (χ0) is 20.5. The molecule has 0 spiro atoms. The molecule has 2 aromatic heterocycles. The Kier molecular flexibility index (Phi) is 4.40. The Hall–Kier alpha value is -4.13. The molecule has 2 N–H and O–H groups in total. The summed E-state index contributed by atoms with van der Waals surface area (Å²) in [5, 5.41) is 4.20. The van der Waals surface area contributed by atoms with Crippen LogP contribution in [0.5, 0.6) is 11.5 Å². The second kappa shape index (κ2) is 7.36. The molecule has 0 amide bonds. The lowest BCUT2D eigenvalue weighted by molar-refractivity contribution is 0.397.